The zero-order chi connectivity index (χ0) is 11.6. The molecule has 0 fully saturated rings. The maximum atomic E-state index is 6.17. The Hall–Kier alpha value is 0.137. The summed E-state index contributed by atoms with van der Waals surface area (Å²) in [5.41, 5.74) is 5.45. The van der Waals surface area contributed by atoms with Crippen LogP contribution in [0, 0.1) is 0 Å². The van der Waals surface area contributed by atoms with Gasteiger partial charge in [0.05, 0.1) is 0 Å². The summed E-state index contributed by atoms with van der Waals surface area (Å²) in [4.78, 5) is 0. The predicted molar refractivity (Wildman–Crippen MR) is 70.7 cm³/mol. The average Bonchev–Trinajstić information content (AvgIpc) is 2.29. The van der Waals surface area contributed by atoms with Crippen LogP contribution in [0.2, 0.25) is 18.1 Å². The van der Waals surface area contributed by atoms with E-state index in [1.165, 1.54) is 37.4 Å². The van der Waals surface area contributed by atoms with Crippen LogP contribution in [-0.4, -0.2) is 21.5 Å². The van der Waals surface area contributed by atoms with E-state index in [1.54, 1.807) is 0 Å². The lowest BCUT2D eigenvalue weighted by atomic mass is 10.2. The lowest BCUT2D eigenvalue weighted by Gasteiger charge is -2.27. The Morgan fingerprint density at radius 2 is 1.40 bits per heavy atom. The molecule has 0 unspecified atom stereocenters. The first kappa shape index (κ1) is 15.1. The third-order valence-electron chi connectivity index (χ3n) is 3.44. The van der Waals surface area contributed by atoms with E-state index >= 15 is 0 Å². The molecule has 0 amide bonds. The molecule has 15 heavy (non-hydrogen) atoms. The highest BCUT2D eigenvalue weighted by Gasteiger charge is 2.27. The standard InChI is InChI=1S/C12H29NOSi/c1-4-15(5-2,6-3)14-12-10-8-7-9-11-13/h4-13H2,1-3H3. The van der Waals surface area contributed by atoms with Crippen molar-refractivity contribution in [3.8, 4) is 0 Å². The van der Waals surface area contributed by atoms with Crippen molar-refractivity contribution < 1.29 is 4.43 Å². The quantitative estimate of drug-likeness (QED) is 0.461. The number of hydrogen-bond acceptors (Lipinski definition) is 2. The molecular weight excluding hydrogens is 202 g/mol. The van der Waals surface area contributed by atoms with E-state index in [0.29, 0.717) is 0 Å². The normalized spacial score (nSPS) is 12.0. The third kappa shape index (κ3) is 6.33. The largest absolute Gasteiger partial charge is 0.417 e. The zero-order valence-electron chi connectivity index (χ0n) is 10.8. The molecule has 0 aromatic carbocycles. The topological polar surface area (TPSA) is 35.2 Å². The minimum atomic E-state index is -1.31. The van der Waals surface area contributed by atoms with E-state index < -0.39 is 8.32 Å². The molecule has 92 valence electrons. The van der Waals surface area contributed by atoms with Crippen LogP contribution in [0.1, 0.15) is 46.5 Å². The van der Waals surface area contributed by atoms with Crippen LogP contribution >= 0.6 is 0 Å². The first-order valence-corrected chi connectivity index (χ1v) is 9.11. The fraction of sp³-hybridized carbons (Fsp3) is 1.00. The highest BCUT2D eigenvalue weighted by Crippen LogP contribution is 2.21. The lowest BCUT2D eigenvalue weighted by Crippen LogP contribution is -2.36. The number of rotatable bonds is 10. The third-order valence-corrected chi connectivity index (χ3v) is 8.12. The lowest BCUT2D eigenvalue weighted by molar-refractivity contribution is 0.287. The van der Waals surface area contributed by atoms with Gasteiger partial charge in [0.1, 0.15) is 0 Å². The number of nitrogens with two attached hydrogens (primary N) is 1. The molecule has 2 N–H and O–H groups in total. The van der Waals surface area contributed by atoms with Gasteiger partial charge in [-0.2, -0.15) is 0 Å². The van der Waals surface area contributed by atoms with Crippen LogP contribution in [0.25, 0.3) is 0 Å². The minimum Gasteiger partial charge on any atom is -0.417 e. The van der Waals surface area contributed by atoms with E-state index in [4.69, 9.17) is 10.2 Å². The van der Waals surface area contributed by atoms with E-state index in [2.05, 4.69) is 20.8 Å². The van der Waals surface area contributed by atoms with Crippen LogP contribution in [0.5, 0.6) is 0 Å². The Morgan fingerprint density at radius 1 is 0.867 bits per heavy atom. The Kier molecular flexibility index (Phi) is 9.45. The summed E-state index contributed by atoms with van der Waals surface area (Å²) in [6, 6.07) is 3.80. The van der Waals surface area contributed by atoms with Crippen LogP contribution in [0.15, 0.2) is 0 Å². The molecule has 3 heteroatoms. The second-order valence-corrected chi connectivity index (χ2v) is 9.07. The maximum Gasteiger partial charge on any atom is 0.191 e. The van der Waals surface area contributed by atoms with Gasteiger partial charge in [-0.25, -0.2) is 0 Å². The van der Waals surface area contributed by atoms with Crippen molar-refractivity contribution in [1.29, 1.82) is 0 Å². The van der Waals surface area contributed by atoms with Crippen molar-refractivity contribution in [1.82, 2.24) is 0 Å². The first-order valence-electron chi connectivity index (χ1n) is 6.58. The van der Waals surface area contributed by atoms with Gasteiger partial charge in [-0.1, -0.05) is 33.6 Å². The second kappa shape index (κ2) is 9.37. The predicted octanol–water partition coefficient (Wildman–Crippen LogP) is 3.53. The summed E-state index contributed by atoms with van der Waals surface area (Å²) in [7, 11) is -1.31. The van der Waals surface area contributed by atoms with Crippen LogP contribution in [0.4, 0.5) is 0 Å². The van der Waals surface area contributed by atoms with Crippen LogP contribution in [0.3, 0.4) is 0 Å². The van der Waals surface area contributed by atoms with Gasteiger partial charge in [0.15, 0.2) is 8.32 Å². The Labute approximate surface area is 96.7 Å². The van der Waals surface area contributed by atoms with Gasteiger partial charge in [-0.05, 0) is 37.5 Å². The van der Waals surface area contributed by atoms with Crippen LogP contribution in [-0.2, 0) is 4.43 Å². The smallest absolute Gasteiger partial charge is 0.191 e. The summed E-state index contributed by atoms with van der Waals surface area (Å²) >= 11 is 0. The molecule has 0 rings (SSSR count). The molecule has 0 spiro atoms. The highest BCUT2D eigenvalue weighted by molar-refractivity contribution is 6.73. The molecule has 0 heterocycles. The molecule has 2 nitrogen and oxygen atoms in total. The van der Waals surface area contributed by atoms with E-state index in [0.717, 1.165) is 19.6 Å². The molecule has 0 bridgehead atoms. The van der Waals surface area contributed by atoms with Gasteiger partial charge in [0.25, 0.3) is 0 Å². The molecule has 0 atom stereocenters. The van der Waals surface area contributed by atoms with Gasteiger partial charge in [0, 0.05) is 6.61 Å². The Morgan fingerprint density at radius 3 is 1.87 bits per heavy atom. The minimum absolute atomic E-state index is 0.832. The first-order chi connectivity index (χ1) is 7.24. The van der Waals surface area contributed by atoms with E-state index in [-0.39, 0.29) is 0 Å². The number of unbranched alkanes of at least 4 members (excludes halogenated alkanes) is 3. The van der Waals surface area contributed by atoms with Gasteiger partial charge < -0.3 is 10.2 Å². The summed E-state index contributed by atoms with van der Waals surface area (Å²) < 4.78 is 6.17. The molecule has 0 aromatic rings. The van der Waals surface area contributed by atoms with Gasteiger partial charge in [-0.3, -0.25) is 0 Å². The van der Waals surface area contributed by atoms with Crippen molar-refractivity contribution in [3.05, 3.63) is 0 Å². The molecule has 0 aliphatic heterocycles. The summed E-state index contributed by atoms with van der Waals surface area (Å²) in [6.07, 6.45) is 4.92. The molecule has 0 saturated carbocycles. The SMILES string of the molecule is CC[Si](CC)(CC)OCCCCCCN. The van der Waals surface area contributed by atoms with Crippen LogP contribution < -0.4 is 5.73 Å². The maximum absolute atomic E-state index is 6.17. The van der Waals surface area contributed by atoms with Crippen molar-refractivity contribution in [3.63, 3.8) is 0 Å². The molecule has 0 aliphatic carbocycles. The Bertz CT molecular complexity index is 129. The zero-order valence-corrected chi connectivity index (χ0v) is 11.8. The van der Waals surface area contributed by atoms with Crippen molar-refractivity contribution in [2.45, 2.75) is 64.6 Å². The highest BCUT2D eigenvalue weighted by atomic mass is 28.4. The van der Waals surface area contributed by atoms with Gasteiger partial charge in [0.2, 0.25) is 0 Å². The molecular formula is C12H29NOSi. The molecule has 0 radical (unpaired) electrons. The van der Waals surface area contributed by atoms with Crippen molar-refractivity contribution in [2.75, 3.05) is 13.2 Å². The molecule has 0 saturated heterocycles. The van der Waals surface area contributed by atoms with E-state index in [9.17, 15) is 0 Å². The monoisotopic (exact) mass is 231 g/mol. The van der Waals surface area contributed by atoms with Crippen molar-refractivity contribution >= 4 is 8.32 Å². The fourth-order valence-electron chi connectivity index (χ4n) is 1.94. The van der Waals surface area contributed by atoms with Gasteiger partial charge in [-0.15, -0.1) is 0 Å². The van der Waals surface area contributed by atoms with Crippen molar-refractivity contribution in [2.24, 2.45) is 5.73 Å². The average molecular weight is 231 g/mol. The molecule has 0 aromatic heterocycles. The van der Waals surface area contributed by atoms with Gasteiger partial charge >= 0.3 is 0 Å². The summed E-state index contributed by atoms with van der Waals surface area (Å²) in [5.74, 6) is 0. The second-order valence-electron chi connectivity index (χ2n) is 4.30. The summed E-state index contributed by atoms with van der Waals surface area (Å²) in [5, 5.41) is 0. The molecule has 0 aliphatic rings. The Balaban J connectivity index is 3.54. The van der Waals surface area contributed by atoms with E-state index in [1.807, 2.05) is 0 Å². The number of hydrogen-bond donors (Lipinski definition) is 1. The fourth-order valence-corrected chi connectivity index (χ4v) is 4.63. The summed E-state index contributed by atoms with van der Waals surface area (Å²) in [6.45, 7) is 8.67.